The molecule has 0 aromatic heterocycles. The Morgan fingerprint density at radius 1 is 1.31 bits per heavy atom. The van der Waals surface area contributed by atoms with Crippen LogP contribution >= 0.6 is 11.6 Å². The van der Waals surface area contributed by atoms with Crippen LogP contribution in [0.15, 0.2) is 34.4 Å². The Morgan fingerprint density at radius 3 is 2.62 bits per heavy atom. The average molecular weight is 400 g/mol. The van der Waals surface area contributed by atoms with Gasteiger partial charge < -0.3 is 10.1 Å². The molecule has 1 aromatic carbocycles. The second-order valence-electron chi connectivity index (χ2n) is 5.49. The monoisotopic (exact) mass is 399 g/mol. The first-order valence-corrected chi connectivity index (χ1v) is 9.45. The van der Waals surface area contributed by atoms with Crippen molar-refractivity contribution in [1.82, 2.24) is 4.31 Å². The van der Waals surface area contributed by atoms with E-state index in [2.05, 4.69) is 9.71 Å². The van der Waals surface area contributed by atoms with Crippen LogP contribution in [0.1, 0.15) is 19.4 Å². The molecule has 1 aliphatic rings. The summed E-state index contributed by atoms with van der Waals surface area (Å²) in [4.78, 5) is 24.1. The third-order valence-corrected chi connectivity index (χ3v) is 5.05. The van der Waals surface area contributed by atoms with E-state index in [1.54, 1.807) is 25.1 Å². The molecule has 10 heteroatoms. The van der Waals surface area contributed by atoms with Gasteiger partial charge in [-0.2, -0.15) is 8.42 Å². The molecule has 0 saturated carbocycles. The predicted octanol–water partition coefficient (Wildman–Crippen LogP) is 2.06. The molecule has 1 amide bonds. The fourth-order valence-electron chi connectivity index (χ4n) is 2.17. The molecule has 0 unspecified atom stereocenters. The summed E-state index contributed by atoms with van der Waals surface area (Å²) >= 11 is 6.05. The van der Waals surface area contributed by atoms with Gasteiger partial charge in [0.1, 0.15) is 6.54 Å². The smallest absolute Gasteiger partial charge is 0.344 e. The van der Waals surface area contributed by atoms with Crippen LogP contribution in [0.25, 0.3) is 0 Å². The van der Waals surface area contributed by atoms with Crippen LogP contribution in [0.2, 0.25) is 5.02 Å². The Labute approximate surface area is 156 Å². The summed E-state index contributed by atoms with van der Waals surface area (Å²) in [6.45, 7) is 4.42. The summed E-state index contributed by atoms with van der Waals surface area (Å²) < 4.78 is 33.4. The molecule has 2 rings (SSSR count). The van der Waals surface area contributed by atoms with E-state index in [1.165, 1.54) is 6.92 Å². The highest BCUT2D eigenvalue weighted by molar-refractivity contribution is 7.88. The number of aryl methyl sites for hydroxylation is 1. The Balaban J connectivity index is 2.20. The number of carbonyl (C=O) groups is 2. The van der Waals surface area contributed by atoms with Crippen molar-refractivity contribution in [3.05, 3.63) is 40.6 Å². The van der Waals surface area contributed by atoms with Crippen LogP contribution in [-0.4, -0.2) is 43.5 Å². The third-order valence-electron chi connectivity index (χ3n) is 3.40. The van der Waals surface area contributed by atoms with Crippen molar-refractivity contribution in [1.29, 1.82) is 0 Å². The molecular formula is C16H18ClN3O5S. The van der Waals surface area contributed by atoms with Crippen molar-refractivity contribution >= 4 is 45.1 Å². The number of esters is 1. The maximum absolute atomic E-state index is 12.2. The zero-order valence-electron chi connectivity index (χ0n) is 14.4. The van der Waals surface area contributed by atoms with E-state index < -0.39 is 28.6 Å². The molecule has 1 N–H and O–H groups in total. The molecule has 140 valence electrons. The summed E-state index contributed by atoms with van der Waals surface area (Å²) in [5.41, 5.74) is 1.24. The van der Waals surface area contributed by atoms with Crippen LogP contribution in [0.3, 0.4) is 0 Å². The van der Waals surface area contributed by atoms with Crippen LogP contribution < -0.4 is 5.32 Å². The van der Waals surface area contributed by atoms with Crippen molar-refractivity contribution in [2.75, 3.05) is 18.5 Å². The van der Waals surface area contributed by atoms with E-state index in [0.717, 1.165) is 11.8 Å². The van der Waals surface area contributed by atoms with E-state index in [1.807, 2.05) is 6.92 Å². The first kappa shape index (κ1) is 19.9. The molecule has 0 radical (unpaired) electrons. The summed E-state index contributed by atoms with van der Waals surface area (Å²) in [6, 6.07) is 5.04. The maximum atomic E-state index is 12.2. The molecule has 0 aliphatic carbocycles. The number of hydrogen-bond acceptors (Lipinski definition) is 5. The normalized spacial score (nSPS) is 15.8. The van der Waals surface area contributed by atoms with E-state index in [4.69, 9.17) is 16.3 Å². The molecule has 1 aromatic rings. The van der Waals surface area contributed by atoms with Gasteiger partial charge in [0.15, 0.2) is 0 Å². The number of amides is 1. The zero-order valence-corrected chi connectivity index (χ0v) is 16.0. The summed E-state index contributed by atoms with van der Waals surface area (Å²) in [5.74, 6) is -1.34. The number of halogens is 1. The van der Waals surface area contributed by atoms with Gasteiger partial charge in [0, 0.05) is 6.20 Å². The van der Waals surface area contributed by atoms with Gasteiger partial charge in [0.05, 0.1) is 28.6 Å². The fraction of sp³-hybridized carbons (Fsp3) is 0.312. The lowest BCUT2D eigenvalue weighted by Crippen LogP contribution is -2.37. The first-order chi connectivity index (χ1) is 12.1. The number of nitrogens with one attached hydrogen (secondary N) is 1. The first-order valence-electron chi connectivity index (χ1n) is 7.67. The van der Waals surface area contributed by atoms with Crippen molar-refractivity contribution < 1.29 is 22.7 Å². The van der Waals surface area contributed by atoms with E-state index in [9.17, 15) is 18.0 Å². The van der Waals surface area contributed by atoms with Gasteiger partial charge >= 0.3 is 16.2 Å². The molecule has 0 spiro atoms. The van der Waals surface area contributed by atoms with E-state index >= 15 is 0 Å². The van der Waals surface area contributed by atoms with Crippen molar-refractivity contribution in [3.63, 3.8) is 0 Å². The summed E-state index contributed by atoms with van der Waals surface area (Å²) in [5, 5.41) is 2.86. The van der Waals surface area contributed by atoms with Crippen molar-refractivity contribution in [3.8, 4) is 0 Å². The number of benzene rings is 1. The maximum Gasteiger partial charge on any atom is 0.344 e. The fourth-order valence-corrected chi connectivity index (χ4v) is 3.52. The zero-order chi connectivity index (χ0) is 19.5. The molecule has 0 atom stereocenters. The van der Waals surface area contributed by atoms with Crippen LogP contribution in [0, 0.1) is 6.92 Å². The van der Waals surface area contributed by atoms with Crippen LogP contribution in [-0.2, 0) is 24.5 Å². The second kappa shape index (κ2) is 7.88. The number of nitrogens with zero attached hydrogens (tertiary/aromatic N) is 2. The molecule has 26 heavy (non-hydrogen) atoms. The van der Waals surface area contributed by atoms with Gasteiger partial charge in [-0.1, -0.05) is 17.7 Å². The Hall–Kier alpha value is -2.39. The van der Waals surface area contributed by atoms with Crippen molar-refractivity contribution in [2.24, 2.45) is 4.40 Å². The van der Waals surface area contributed by atoms with Gasteiger partial charge in [0.25, 0.3) is 0 Å². The second-order valence-corrected chi connectivity index (χ2v) is 7.45. The molecule has 1 aliphatic heterocycles. The molecule has 0 bridgehead atoms. The lowest BCUT2D eigenvalue weighted by molar-refractivity contribution is -0.138. The highest BCUT2D eigenvalue weighted by Crippen LogP contribution is 2.23. The largest absolute Gasteiger partial charge is 0.462 e. The topological polar surface area (TPSA) is 105 Å². The average Bonchev–Trinajstić information content (AvgIpc) is 2.52. The minimum Gasteiger partial charge on any atom is -0.462 e. The number of rotatable bonds is 5. The summed E-state index contributed by atoms with van der Waals surface area (Å²) in [7, 11) is -4.11. The molecule has 0 fully saturated rings. The Morgan fingerprint density at radius 2 is 2.00 bits per heavy atom. The number of hydrogen-bond donors (Lipinski definition) is 1. The lowest BCUT2D eigenvalue weighted by Gasteiger charge is -2.22. The predicted molar refractivity (Wildman–Crippen MR) is 98.3 cm³/mol. The van der Waals surface area contributed by atoms with E-state index in [-0.39, 0.29) is 17.9 Å². The molecule has 0 saturated heterocycles. The van der Waals surface area contributed by atoms with Crippen LogP contribution in [0.5, 0.6) is 0 Å². The standard InChI is InChI=1S/C16H18ClN3O5S/c1-4-25-16(22)12-8-20(26(23,24)19-11(12)3)9-15(21)18-14-6-5-10(2)7-13(14)17/h5-8H,4,9H2,1-3H3,(H,18,21). The Kier molecular flexibility index (Phi) is 6.04. The summed E-state index contributed by atoms with van der Waals surface area (Å²) in [6.07, 6.45) is 1.05. The van der Waals surface area contributed by atoms with Gasteiger partial charge in [-0.3, -0.25) is 4.79 Å². The van der Waals surface area contributed by atoms with Gasteiger partial charge in [0.2, 0.25) is 5.91 Å². The highest BCUT2D eigenvalue weighted by atomic mass is 35.5. The van der Waals surface area contributed by atoms with E-state index in [0.29, 0.717) is 15.0 Å². The van der Waals surface area contributed by atoms with Crippen molar-refractivity contribution in [2.45, 2.75) is 20.8 Å². The van der Waals surface area contributed by atoms with Gasteiger partial charge in [-0.25, -0.2) is 9.10 Å². The third kappa shape index (κ3) is 4.61. The quantitative estimate of drug-likeness (QED) is 0.763. The number of ether oxygens (including phenoxy) is 1. The molecule has 8 nitrogen and oxygen atoms in total. The van der Waals surface area contributed by atoms with Gasteiger partial charge in [-0.05, 0) is 38.5 Å². The lowest BCUT2D eigenvalue weighted by atomic mass is 10.2. The van der Waals surface area contributed by atoms with Crippen LogP contribution in [0.4, 0.5) is 5.69 Å². The molecular weight excluding hydrogens is 382 g/mol. The molecule has 1 heterocycles. The number of carbonyl (C=O) groups excluding carboxylic acids is 2. The highest BCUT2D eigenvalue weighted by Gasteiger charge is 2.30. The minimum absolute atomic E-state index is 0.00156. The van der Waals surface area contributed by atoms with Gasteiger partial charge in [-0.15, -0.1) is 4.40 Å². The SMILES string of the molecule is CCOC(=O)C1=CN(CC(=O)Nc2ccc(C)cc2Cl)S(=O)(=O)N=C1C. The Bertz CT molecular complexity index is 908. The minimum atomic E-state index is -4.11. The number of anilines is 1.